The predicted molar refractivity (Wildman–Crippen MR) is 95.1 cm³/mol. The van der Waals surface area contributed by atoms with Crippen molar-refractivity contribution in [2.45, 2.75) is 13.2 Å². The van der Waals surface area contributed by atoms with Crippen LogP contribution in [0.2, 0.25) is 10.0 Å². The van der Waals surface area contributed by atoms with Crippen molar-refractivity contribution in [1.82, 2.24) is 9.55 Å². The Bertz CT molecular complexity index is 813. The van der Waals surface area contributed by atoms with E-state index in [0.29, 0.717) is 23.2 Å². The summed E-state index contributed by atoms with van der Waals surface area (Å²) in [6.45, 7) is 0.978. The lowest BCUT2D eigenvalue weighted by Gasteiger charge is -2.11. The fourth-order valence-electron chi connectivity index (χ4n) is 2.36. The Labute approximate surface area is 150 Å². The van der Waals surface area contributed by atoms with E-state index >= 15 is 0 Å². The van der Waals surface area contributed by atoms with E-state index in [-0.39, 0.29) is 0 Å². The molecule has 0 fully saturated rings. The summed E-state index contributed by atoms with van der Waals surface area (Å²) in [5, 5.41) is 1.23. The Morgan fingerprint density at radius 1 is 1.04 bits per heavy atom. The standard InChI is InChI=1S/C18H16Cl2N2O2/c1-23-16-3-2-4-17(10-16)24-12-18-21-5-6-22(18)11-13-7-14(19)9-15(20)8-13/h2-10H,11-12H2,1H3. The van der Waals surface area contributed by atoms with E-state index in [2.05, 4.69) is 4.98 Å². The second-order valence-corrected chi connectivity index (χ2v) is 6.09. The van der Waals surface area contributed by atoms with Gasteiger partial charge in [-0.3, -0.25) is 0 Å². The van der Waals surface area contributed by atoms with Crippen LogP contribution in [0.25, 0.3) is 0 Å². The van der Waals surface area contributed by atoms with E-state index in [1.807, 2.05) is 47.2 Å². The molecular formula is C18H16Cl2N2O2. The molecule has 1 aromatic heterocycles. The first-order chi connectivity index (χ1) is 11.6. The normalized spacial score (nSPS) is 10.6. The SMILES string of the molecule is COc1cccc(OCc2nccn2Cc2cc(Cl)cc(Cl)c2)c1. The zero-order chi connectivity index (χ0) is 16.9. The third kappa shape index (κ3) is 4.22. The molecule has 0 atom stereocenters. The highest BCUT2D eigenvalue weighted by molar-refractivity contribution is 6.34. The van der Waals surface area contributed by atoms with Crippen LogP contribution in [-0.4, -0.2) is 16.7 Å². The Balaban J connectivity index is 1.70. The summed E-state index contributed by atoms with van der Waals surface area (Å²) in [4.78, 5) is 4.36. The number of hydrogen-bond donors (Lipinski definition) is 0. The van der Waals surface area contributed by atoms with Gasteiger partial charge in [-0.25, -0.2) is 4.98 Å². The minimum Gasteiger partial charge on any atom is -0.497 e. The number of hydrogen-bond acceptors (Lipinski definition) is 3. The van der Waals surface area contributed by atoms with Crippen LogP contribution in [0.3, 0.4) is 0 Å². The monoisotopic (exact) mass is 362 g/mol. The van der Waals surface area contributed by atoms with Crippen molar-refractivity contribution in [1.29, 1.82) is 0 Å². The van der Waals surface area contributed by atoms with Gasteiger partial charge in [0.2, 0.25) is 0 Å². The van der Waals surface area contributed by atoms with Crippen LogP contribution >= 0.6 is 23.2 Å². The molecule has 0 N–H and O–H groups in total. The van der Waals surface area contributed by atoms with Crippen molar-refractivity contribution >= 4 is 23.2 Å². The van der Waals surface area contributed by atoms with Crippen molar-refractivity contribution < 1.29 is 9.47 Å². The third-order valence-corrected chi connectivity index (χ3v) is 3.92. The Morgan fingerprint density at radius 3 is 2.54 bits per heavy atom. The van der Waals surface area contributed by atoms with Crippen LogP contribution in [0.1, 0.15) is 11.4 Å². The van der Waals surface area contributed by atoms with E-state index in [0.717, 1.165) is 22.9 Å². The lowest BCUT2D eigenvalue weighted by Crippen LogP contribution is -2.08. The molecule has 0 bridgehead atoms. The third-order valence-electron chi connectivity index (χ3n) is 3.49. The Hall–Kier alpha value is -2.17. The first kappa shape index (κ1) is 16.7. The van der Waals surface area contributed by atoms with Gasteiger partial charge in [0.25, 0.3) is 0 Å². The number of rotatable bonds is 6. The Morgan fingerprint density at radius 2 is 1.79 bits per heavy atom. The van der Waals surface area contributed by atoms with Crippen molar-refractivity contribution in [2.75, 3.05) is 7.11 Å². The molecule has 0 saturated heterocycles. The summed E-state index contributed by atoms with van der Waals surface area (Å²) < 4.78 is 13.0. The molecule has 1 heterocycles. The molecule has 0 spiro atoms. The van der Waals surface area contributed by atoms with Gasteiger partial charge in [-0.05, 0) is 35.9 Å². The number of aromatic nitrogens is 2. The van der Waals surface area contributed by atoms with Crippen molar-refractivity contribution in [3.63, 3.8) is 0 Å². The molecule has 0 aliphatic carbocycles. The van der Waals surface area contributed by atoms with Crippen LogP contribution in [0.15, 0.2) is 54.9 Å². The summed E-state index contributed by atoms with van der Waals surface area (Å²) in [6.07, 6.45) is 3.65. The highest BCUT2D eigenvalue weighted by atomic mass is 35.5. The van der Waals surface area contributed by atoms with Crippen molar-refractivity contribution in [3.05, 3.63) is 76.3 Å². The van der Waals surface area contributed by atoms with Crippen molar-refractivity contribution in [3.8, 4) is 11.5 Å². The molecule has 4 nitrogen and oxygen atoms in total. The number of nitrogens with zero attached hydrogens (tertiary/aromatic N) is 2. The van der Waals surface area contributed by atoms with Crippen LogP contribution in [0, 0.1) is 0 Å². The quantitative estimate of drug-likeness (QED) is 0.630. The fraction of sp³-hybridized carbons (Fsp3) is 0.167. The van der Waals surface area contributed by atoms with E-state index in [1.54, 1.807) is 19.4 Å². The molecule has 124 valence electrons. The Kier molecular flexibility index (Phi) is 5.28. The first-order valence-corrected chi connectivity index (χ1v) is 8.11. The summed E-state index contributed by atoms with van der Waals surface area (Å²) in [7, 11) is 1.63. The van der Waals surface area contributed by atoms with Gasteiger partial charge in [0.15, 0.2) is 0 Å². The van der Waals surface area contributed by atoms with Gasteiger partial charge in [-0.15, -0.1) is 0 Å². The molecule has 0 aliphatic heterocycles. The van der Waals surface area contributed by atoms with Crippen LogP contribution < -0.4 is 9.47 Å². The molecular weight excluding hydrogens is 347 g/mol. The second-order valence-electron chi connectivity index (χ2n) is 5.22. The molecule has 3 aromatic rings. The van der Waals surface area contributed by atoms with Crippen LogP contribution in [0.4, 0.5) is 0 Å². The van der Waals surface area contributed by atoms with Gasteiger partial charge in [0, 0.05) is 35.1 Å². The fourth-order valence-corrected chi connectivity index (χ4v) is 2.93. The number of methoxy groups -OCH3 is 1. The van der Waals surface area contributed by atoms with Crippen LogP contribution in [0.5, 0.6) is 11.5 Å². The molecule has 0 radical (unpaired) electrons. The summed E-state index contributed by atoms with van der Waals surface area (Å²) in [6, 6.07) is 13.0. The number of ether oxygens (including phenoxy) is 2. The lowest BCUT2D eigenvalue weighted by molar-refractivity contribution is 0.288. The summed E-state index contributed by atoms with van der Waals surface area (Å²) in [5.74, 6) is 2.30. The summed E-state index contributed by atoms with van der Waals surface area (Å²) in [5.41, 5.74) is 1.01. The molecule has 0 amide bonds. The topological polar surface area (TPSA) is 36.3 Å². The van der Waals surface area contributed by atoms with Crippen LogP contribution in [-0.2, 0) is 13.2 Å². The molecule has 0 unspecified atom stereocenters. The molecule has 3 rings (SSSR count). The molecule has 6 heteroatoms. The second kappa shape index (κ2) is 7.60. The number of imidazole rings is 1. The van der Waals surface area contributed by atoms with Crippen molar-refractivity contribution in [2.24, 2.45) is 0 Å². The molecule has 24 heavy (non-hydrogen) atoms. The lowest BCUT2D eigenvalue weighted by atomic mass is 10.2. The average molecular weight is 363 g/mol. The van der Waals surface area contributed by atoms with Gasteiger partial charge in [0.1, 0.15) is 23.9 Å². The zero-order valence-electron chi connectivity index (χ0n) is 13.1. The highest BCUT2D eigenvalue weighted by Crippen LogP contribution is 2.21. The number of halogens is 2. The molecule has 2 aromatic carbocycles. The zero-order valence-corrected chi connectivity index (χ0v) is 14.6. The van der Waals surface area contributed by atoms with E-state index in [9.17, 15) is 0 Å². The average Bonchev–Trinajstić information content (AvgIpc) is 2.99. The van der Waals surface area contributed by atoms with Gasteiger partial charge in [-0.2, -0.15) is 0 Å². The molecule has 0 saturated carbocycles. The van der Waals surface area contributed by atoms with Gasteiger partial charge in [-0.1, -0.05) is 29.3 Å². The maximum atomic E-state index is 6.05. The van der Waals surface area contributed by atoms with E-state index in [4.69, 9.17) is 32.7 Å². The first-order valence-electron chi connectivity index (χ1n) is 7.36. The van der Waals surface area contributed by atoms with E-state index < -0.39 is 0 Å². The van der Waals surface area contributed by atoms with Gasteiger partial charge >= 0.3 is 0 Å². The van der Waals surface area contributed by atoms with E-state index in [1.165, 1.54) is 0 Å². The largest absolute Gasteiger partial charge is 0.497 e. The maximum absolute atomic E-state index is 6.05. The van der Waals surface area contributed by atoms with Gasteiger partial charge in [0.05, 0.1) is 7.11 Å². The minimum atomic E-state index is 0.356. The highest BCUT2D eigenvalue weighted by Gasteiger charge is 2.07. The predicted octanol–water partition coefficient (Wildman–Crippen LogP) is 4.83. The van der Waals surface area contributed by atoms with Gasteiger partial charge < -0.3 is 14.0 Å². The molecule has 0 aliphatic rings. The maximum Gasteiger partial charge on any atom is 0.147 e. The minimum absolute atomic E-state index is 0.356. The number of benzene rings is 2. The summed E-state index contributed by atoms with van der Waals surface area (Å²) >= 11 is 12.1. The smallest absolute Gasteiger partial charge is 0.147 e.